The summed E-state index contributed by atoms with van der Waals surface area (Å²) in [6.45, 7) is 4.24. The number of rotatable bonds is 3. The molecule has 2 aliphatic rings. The highest BCUT2D eigenvalue weighted by molar-refractivity contribution is 5.83. The quantitative estimate of drug-likeness (QED) is 0.746. The first kappa shape index (κ1) is 10.2. The van der Waals surface area contributed by atoms with Crippen LogP contribution in [-0.4, -0.2) is 18.9 Å². The van der Waals surface area contributed by atoms with E-state index in [1.165, 1.54) is 19.3 Å². The maximum Gasteiger partial charge on any atom is 0.139 e. The van der Waals surface area contributed by atoms with Gasteiger partial charge < -0.3 is 5.32 Å². The van der Waals surface area contributed by atoms with Crippen LogP contribution in [0.25, 0.3) is 0 Å². The van der Waals surface area contributed by atoms with Crippen molar-refractivity contribution in [2.75, 3.05) is 13.1 Å². The van der Waals surface area contributed by atoms with E-state index in [4.69, 9.17) is 0 Å². The average molecular weight is 195 g/mol. The summed E-state index contributed by atoms with van der Waals surface area (Å²) < 4.78 is 0. The molecule has 1 N–H and O–H groups in total. The van der Waals surface area contributed by atoms with Gasteiger partial charge >= 0.3 is 0 Å². The van der Waals surface area contributed by atoms with Crippen LogP contribution in [0.1, 0.15) is 39.0 Å². The summed E-state index contributed by atoms with van der Waals surface area (Å²) in [6, 6.07) is 0. The van der Waals surface area contributed by atoms with Gasteiger partial charge in [-0.25, -0.2) is 0 Å². The zero-order valence-corrected chi connectivity index (χ0v) is 9.09. The van der Waals surface area contributed by atoms with Crippen molar-refractivity contribution in [1.82, 2.24) is 5.32 Å². The summed E-state index contributed by atoms with van der Waals surface area (Å²) in [5, 5.41) is 3.25. The van der Waals surface area contributed by atoms with E-state index in [9.17, 15) is 4.79 Å². The van der Waals surface area contributed by atoms with E-state index in [1.54, 1.807) is 0 Å². The van der Waals surface area contributed by atoms with Gasteiger partial charge in [0.05, 0.1) is 0 Å². The summed E-state index contributed by atoms with van der Waals surface area (Å²) in [4.78, 5) is 12.1. The summed E-state index contributed by atoms with van der Waals surface area (Å²) in [5.41, 5.74) is 0. The molecule has 1 heterocycles. The van der Waals surface area contributed by atoms with Gasteiger partial charge in [0.15, 0.2) is 0 Å². The highest BCUT2D eigenvalue weighted by atomic mass is 16.1. The van der Waals surface area contributed by atoms with Gasteiger partial charge in [-0.05, 0) is 31.8 Å². The molecule has 1 aliphatic carbocycles. The average Bonchev–Trinajstić information content (AvgIpc) is 2.15. The van der Waals surface area contributed by atoms with Crippen LogP contribution in [0.5, 0.6) is 0 Å². The largest absolute Gasteiger partial charge is 0.316 e. The lowest BCUT2D eigenvalue weighted by Crippen LogP contribution is -2.48. The zero-order valence-electron chi connectivity index (χ0n) is 9.09. The van der Waals surface area contributed by atoms with Crippen LogP contribution in [0, 0.1) is 17.8 Å². The standard InChI is InChI=1S/C12H21NO/c1-9(11-7-13-8-11)12(14)10-5-3-2-4-6-10/h9-11,13H,2-8H2,1H3. The molecule has 0 aromatic heterocycles. The predicted octanol–water partition coefficient (Wildman–Crippen LogP) is 1.99. The van der Waals surface area contributed by atoms with Crippen LogP contribution >= 0.6 is 0 Å². The van der Waals surface area contributed by atoms with E-state index in [0.717, 1.165) is 25.9 Å². The zero-order chi connectivity index (χ0) is 9.97. The van der Waals surface area contributed by atoms with E-state index >= 15 is 0 Å². The molecule has 1 atom stereocenters. The lowest BCUT2D eigenvalue weighted by molar-refractivity contribution is -0.129. The minimum absolute atomic E-state index is 0.305. The van der Waals surface area contributed by atoms with Gasteiger partial charge in [-0.2, -0.15) is 0 Å². The van der Waals surface area contributed by atoms with Crippen molar-refractivity contribution in [3.63, 3.8) is 0 Å². The predicted molar refractivity (Wildman–Crippen MR) is 57.1 cm³/mol. The minimum Gasteiger partial charge on any atom is -0.316 e. The Balaban J connectivity index is 1.85. The molecule has 1 aliphatic heterocycles. The van der Waals surface area contributed by atoms with Crippen molar-refractivity contribution in [2.24, 2.45) is 17.8 Å². The monoisotopic (exact) mass is 195 g/mol. The maximum absolute atomic E-state index is 12.1. The molecule has 0 spiro atoms. The highest BCUT2D eigenvalue weighted by Gasteiger charge is 2.32. The van der Waals surface area contributed by atoms with Crippen LogP contribution in [0.4, 0.5) is 0 Å². The Kier molecular flexibility index (Phi) is 3.22. The summed E-state index contributed by atoms with van der Waals surface area (Å²) in [7, 11) is 0. The molecule has 1 saturated heterocycles. The van der Waals surface area contributed by atoms with Gasteiger partial charge in [-0.15, -0.1) is 0 Å². The fraction of sp³-hybridized carbons (Fsp3) is 0.917. The van der Waals surface area contributed by atoms with Crippen molar-refractivity contribution < 1.29 is 4.79 Å². The molecule has 0 aromatic carbocycles. The Labute approximate surface area is 86.5 Å². The van der Waals surface area contributed by atoms with Crippen LogP contribution in [0.15, 0.2) is 0 Å². The highest BCUT2D eigenvalue weighted by Crippen LogP contribution is 2.29. The molecule has 80 valence electrons. The Morgan fingerprint density at radius 2 is 1.86 bits per heavy atom. The van der Waals surface area contributed by atoms with Crippen molar-refractivity contribution in [3.05, 3.63) is 0 Å². The fourth-order valence-corrected chi connectivity index (χ4v) is 2.66. The first-order valence-corrected chi connectivity index (χ1v) is 6.03. The van der Waals surface area contributed by atoms with Gasteiger partial charge in [-0.1, -0.05) is 26.2 Å². The molecule has 0 amide bonds. The number of hydrogen-bond donors (Lipinski definition) is 1. The number of ketones is 1. The van der Waals surface area contributed by atoms with Gasteiger partial charge in [0, 0.05) is 11.8 Å². The number of carbonyl (C=O) groups is 1. The summed E-state index contributed by atoms with van der Waals surface area (Å²) in [6.07, 6.45) is 6.19. The Hall–Kier alpha value is -0.370. The molecular formula is C12H21NO. The van der Waals surface area contributed by atoms with Gasteiger partial charge in [0.1, 0.15) is 5.78 Å². The molecule has 2 fully saturated rings. The second kappa shape index (κ2) is 4.43. The topological polar surface area (TPSA) is 29.1 Å². The number of nitrogens with one attached hydrogen (secondary N) is 1. The normalized spacial score (nSPS) is 26.9. The number of Topliss-reactive ketones (excluding diaryl/α,β-unsaturated/α-hetero) is 1. The Bertz CT molecular complexity index is 200. The van der Waals surface area contributed by atoms with E-state index in [2.05, 4.69) is 12.2 Å². The number of hydrogen-bond acceptors (Lipinski definition) is 2. The second-order valence-corrected chi connectivity index (χ2v) is 4.94. The van der Waals surface area contributed by atoms with Crippen molar-refractivity contribution in [1.29, 1.82) is 0 Å². The molecular weight excluding hydrogens is 174 g/mol. The molecule has 0 bridgehead atoms. The maximum atomic E-state index is 12.1. The van der Waals surface area contributed by atoms with Crippen LogP contribution in [-0.2, 0) is 4.79 Å². The summed E-state index contributed by atoms with van der Waals surface area (Å²) in [5.74, 6) is 1.89. The third-order valence-corrected chi connectivity index (χ3v) is 3.98. The molecule has 0 radical (unpaired) electrons. The van der Waals surface area contributed by atoms with Crippen LogP contribution < -0.4 is 5.32 Å². The first-order chi connectivity index (χ1) is 6.79. The third kappa shape index (κ3) is 2.00. The van der Waals surface area contributed by atoms with Gasteiger partial charge in [-0.3, -0.25) is 4.79 Å². The van der Waals surface area contributed by atoms with Gasteiger partial charge in [0.2, 0.25) is 0 Å². The van der Waals surface area contributed by atoms with Crippen molar-refractivity contribution in [3.8, 4) is 0 Å². The van der Waals surface area contributed by atoms with E-state index < -0.39 is 0 Å². The third-order valence-electron chi connectivity index (χ3n) is 3.98. The molecule has 0 aromatic rings. The van der Waals surface area contributed by atoms with Crippen molar-refractivity contribution >= 4 is 5.78 Å². The lowest BCUT2D eigenvalue weighted by atomic mass is 9.76. The van der Waals surface area contributed by atoms with Gasteiger partial charge in [0.25, 0.3) is 0 Å². The Morgan fingerprint density at radius 1 is 1.21 bits per heavy atom. The van der Waals surface area contributed by atoms with Crippen molar-refractivity contribution in [2.45, 2.75) is 39.0 Å². The smallest absolute Gasteiger partial charge is 0.139 e. The second-order valence-electron chi connectivity index (χ2n) is 4.94. The molecule has 1 saturated carbocycles. The van der Waals surface area contributed by atoms with Crippen LogP contribution in [0.3, 0.4) is 0 Å². The molecule has 2 nitrogen and oxygen atoms in total. The van der Waals surface area contributed by atoms with Crippen LogP contribution in [0.2, 0.25) is 0 Å². The van der Waals surface area contributed by atoms with E-state index in [-0.39, 0.29) is 0 Å². The van der Waals surface area contributed by atoms with E-state index in [0.29, 0.717) is 23.5 Å². The summed E-state index contributed by atoms with van der Waals surface area (Å²) >= 11 is 0. The van der Waals surface area contributed by atoms with E-state index in [1.807, 2.05) is 0 Å². The lowest BCUT2D eigenvalue weighted by Gasteiger charge is -2.34. The first-order valence-electron chi connectivity index (χ1n) is 6.03. The Morgan fingerprint density at radius 3 is 2.36 bits per heavy atom. The molecule has 2 rings (SSSR count). The minimum atomic E-state index is 0.305. The number of carbonyl (C=O) groups excluding carboxylic acids is 1. The molecule has 1 unspecified atom stereocenters. The SMILES string of the molecule is CC(C(=O)C1CCCCC1)C1CNC1. The molecule has 14 heavy (non-hydrogen) atoms. The molecule has 2 heteroatoms. The fourth-order valence-electron chi connectivity index (χ4n) is 2.66.